The number of alkyl halides is 9. The molecule has 0 aromatic heterocycles. The van der Waals surface area contributed by atoms with Gasteiger partial charge in [-0.2, -0.15) is 39.5 Å². The van der Waals surface area contributed by atoms with Crippen LogP contribution in [0.15, 0.2) is 97.1 Å². The summed E-state index contributed by atoms with van der Waals surface area (Å²) in [5, 5.41) is 11.1. The molecule has 0 radical (unpaired) electrons. The Labute approximate surface area is 383 Å². The second kappa shape index (κ2) is 23.8. The molecular weight excluding hydrogens is 900 g/mol. The summed E-state index contributed by atoms with van der Waals surface area (Å²) >= 11 is 0. The number of aliphatic hydroxyl groups excluding tert-OH is 1. The Morgan fingerprint density at radius 2 is 0.955 bits per heavy atom. The summed E-state index contributed by atoms with van der Waals surface area (Å²) in [6.07, 6.45) is -24.0. The standard InChI is InChI=1S/C24H25F6N3O3.C20H25N3O.C3H5F3O/c1-31(2)20(34)19-14-17(16-6-4-3-5-7-16)8-9-18(19)15-32-10-12-33(13-11-32)22(35)36-21(23(25,26)27)24(28,29)30;1-22(2)20(24)19-14-17(16-6-4-3-5-7-16)8-9-18(19)15-23-12-10-21-11-13-23;1-2(7)3(4,5)6/h3-9,14,21H,10-13,15H2,1-2H3;3-9,14,21H,10-13,15H2,1-2H3;2,7H,1H3. The lowest BCUT2D eigenvalue weighted by Gasteiger charge is -2.35. The van der Waals surface area contributed by atoms with Gasteiger partial charge < -0.3 is 29.9 Å². The minimum atomic E-state index is -5.77. The monoisotopic (exact) mass is 954 g/mol. The van der Waals surface area contributed by atoms with Gasteiger partial charge in [0, 0.05) is 105 Å². The molecule has 20 heteroatoms. The van der Waals surface area contributed by atoms with Gasteiger partial charge in [0.2, 0.25) is 0 Å². The molecule has 2 fully saturated rings. The van der Waals surface area contributed by atoms with E-state index in [4.69, 9.17) is 5.11 Å². The average Bonchev–Trinajstić information content (AvgIpc) is 3.28. The lowest BCUT2D eigenvalue weighted by molar-refractivity contribution is -0.308. The molecule has 0 spiro atoms. The van der Waals surface area contributed by atoms with Gasteiger partial charge in [0.25, 0.3) is 17.9 Å². The normalized spacial score (nSPS) is 15.4. The van der Waals surface area contributed by atoms with E-state index in [-0.39, 0.29) is 38.0 Å². The van der Waals surface area contributed by atoms with E-state index in [0.29, 0.717) is 24.6 Å². The van der Waals surface area contributed by atoms with Crippen LogP contribution >= 0.6 is 0 Å². The largest absolute Gasteiger partial charge is 0.434 e. The lowest BCUT2D eigenvalue weighted by Crippen LogP contribution is -2.52. The van der Waals surface area contributed by atoms with Gasteiger partial charge in [0.15, 0.2) is 0 Å². The zero-order valence-corrected chi connectivity index (χ0v) is 37.7. The number of nitrogens with one attached hydrogen (secondary N) is 1. The summed E-state index contributed by atoms with van der Waals surface area (Å²) in [5.41, 5.74) is 7.10. The molecule has 2 aliphatic rings. The van der Waals surface area contributed by atoms with E-state index in [1.807, 2.05) is 85.7 Å². The molecule has 366 valence electrons. The fourth-order valence-electron chi connectivity index (χ4n) is 6.86. The minimum absolute atomic E-state index is 0.0675. The van der Waals surface area contributed by atoms with Crippen LogP contribution in [0.25, 0.3) is 22.3 Å². The third kappa shape index (κ3) is 16.3. The zero-order chi connectivity index (χ0) is 49.7. The molecule has 0 saturated carbocycles. The summed E-state index contributed by atoms with van der Waals surface area (Å²) in [6, 6.07) is 31.4. The molecule has 1 atom stereocenters. The Bertz CT molecular complexity index is 2200. The number of rotatable bonds is 9. The molecule has 2 saturated heterocycles. The van der Waals surface area contributed by atoms with Gasteiger partial charge in [0.05, 0.1) is 0 Å². The molecule has 4 aromatic rings. The number of benzene rings is 4. The van der Waals surface area contributed by atoms with Crippen LogP contribution in [0.5, 0.6) is 0 Å². The van der Waals surface area contributed by atoms with Crippen LogP contribution in [0.3, 0.4) is 0 Å². The van der Waals surface area contributed by atoms with Crippen LogP contribution in [0.2, 0.25) is 0 Å². The first kappa shape index (κ1) is 53.9. The molecule has 67 heavy (non-hydrogen) atoms. The van der Waals surface area contributed by atoms with Crippen molar-refractivity contribution in [2.45, 2.75) is 50.8 Å². The minimum Gasteiger partial charge on any atom is -0.426 e. The smallest absolute Gasteiger partial charge is 0.426 e. The van der Waals surface area contributed by atoms with Gasteiger partial charge in [-0.1, -0.05) is 84.9 Å². The molecule has 4 aromatic carbocycles. The first-order valence-corrected chi connectivity index (χ1v) is 21.2. The predicted molar refractivity (Wildman–Crippen MR) is 235 cm³/mol. The number of nitrogens with zero attached hydrogens (tertiary/aromatic N) is 5. The average molecular weight is 955 g/mol. The fourth-order valence-corrected chi connectivity index (χ4v) is 6.86. The Hall–Kier alpha value is -5.70. The highest BCUT2D eigenvalue weighted by molar-refractivity contribution is 5.97. The molecule has 6 rings (SSSR count). The number of carbonyl (C=O) groups is 3. The molecule has 2 N–H and O–H groups in total. The van der Waals surface area contributed by atoms with Crippen molar-refractivity contribution in [2.24, 2.45) is 0 Å². The summed E-state index contributed by atoms with van der Waals surface area (Å²) in [6.45, 7) is 5.98. The number of hydrogen-bond acceptors (Lipinski definition) is 8. The number of aliphatic hydroxyl groups is 1. The van der Waals surface area contributed by atoms with Gasteiger partial charge >= 0.3 is 24.6 Å². The van der Waals surface area contributed by atoms with Gasteiger partial charge in [-0.3, -0.25) is 19.4 Å². The Morgan fingerprint density at radius 3 is 1.30 bits per heavy atom. The highest BCUT2D eigenvalue weighted by atomic mass is 19.4. The second-order valence-electron chi connectivity index (χ2n) is 16.2. The zero-order valence-electron chi connectivity index (χ0n) is 37.7. The van der Waals surface area contributed by atoms with Crippen molar-refractivity contribution < 1.29 is 63.7 Å². The van der Waals surface area contributed by atoms with E-state index in [1.54, 1.807) is 25.1 Å². The van der Waals surface area contributed by atoms with Crippen LogP contribution in [0.4, 0.5) is 44.3 Å². The highest BCUT2D eigenvalue weighted by Crippen LogP contribution is 2.36. The first-order chi connectivity index (χ1) is 31.4. The molecular formula is C47H55F9N6O5. The van der Waals surface area contributed by atoms with Crippen molar-refractivity contribution >= 4 is 17.9 Å². The quantitative estimate of drug-likeness (QED) is 0.162. The van der Waals surface area contributed by atoms with Crippen molar-refractivity contribution in [2.75, 3.05) is 80.5 Å². The van der Waals surface area contributed by atoms with E-state index in [2.05, 4.69) is 39.2 Å². The topological polar surface area (TPSA) is 109 Å². The van der Waals surface area contributed by atoms with E-state index in [9.17, 15) is 53.9 Å². The van der Waals surface area contributed by atoms with Crippen LogP contribution in [-0.4, -0.2) is 159 Å². The van der Waals surface area contributed by atoms with Crippen molar-refractivity contribution in [1.29, 1.82) is 0 Å². The lowest BCUT2D eigenvalue weighted by atomic mass is 9.98. The number of halogens is 9. The predicted octanol–water partition coefficient (Wildman–Crippen LogP) is 8.19. The van der Waals surface area contributed by atoms with Crippen LogP contribution < -0.4 is 5.32 Å². The summed E-state index contributed by atoms with van der Waals surface area (Å²) < 4.78 is 113. The maximum atomic E-state index is 12.9. The van der Waals surface area contributed by atoms with Crippen molar-refractivity contribution in [3.05, 3.63) is 119 Å². The van der Waals surface area contributed by atoms with E-state index in [1.165, 1.54) is 4.90 Å². The van der Waals surface area contributed by atoms with Crippen LogP contribution in [0.1, 0.15) is 38.8 Å². The number of amides is 3. The van der Waals surface area contributed by atoms with Crippen molar-refractivity contribution in [3.63, 3.8) is 0 Å². The van der Waals surface area contributed by atoms with Gasteiger partial charge in [-0.15, -0.1) is 0 Å². The Kier molecular flexibility index (Phi) is 19.2. The summed E-state index contributed by atoms with van der Waals surface area (Å²) in [7, 11) is 6.87. The van der Waals surface area contributed by atoms with Crippen LogP contribution in [-0.2, 0) is 17.8 Å². The third-order valence-corrected chi connectivity index (χ3v) is 10.6. The molecule has 2 aliphatic heterocycles. The molecule has 2 heterocycles. The highest BCUT2D eigenvalue weighted by Gasteiger charge is 2.60. The summed E-state index contributed by atoms with van der Waals surface area (Å²) in [5.74, 6) is -0.145. The molecule has 11 nitrogen and oxygen atoms in total. The second-order valence-corrected chi connectivity index (χ2v) is 16.2. The third-order valence-electron chi connectivity index (χ3n) is 10.6. The Morgan fingerprint density at radius 1 is 0.582 bits per heavy atom. The SMILES string of the molecule is CC(O)C(F)(F)F.CN(C)C(=O)c1cc(-c2ccccc2)ccc1CN1CCN(C(=O)OC(C(F)(F)F)C(F)(F)F)CC1.CN(C)C(=O)c1cc(-c2ccccc2)ccc1CN1CCNCC1. The van der Waals surface area contributed by atoms with Gasteiger partial charge in [-0.05, 0) is 52.4 Å². The van der Waals surface area contributed by atoms with Crippen molar-refractivity contribution in [3.8, 4) is 22.3 Å². The van der Waals surface area contributed by atoms with Gasteiger partial charge in [-0.25, -0.2) is 4.79 Å². The number of carbonyl (C=O) groups excluding carboxylic acids is 3. The number of piperazine rings is 2. The van der Waals surface area contributed by atoms with Crippen LogP contribution in [0, 0.1) is 0 Å². The molecule has 0 bridgehead atoms. The maximum Gasteiger partial charge on any atom is 0.434 e. The molecule has 3 amide bonds. The van der Waals surface area contributed by atoms with E-state index in [0.717, 1.165) is 71.0 Å². The Balaban J connectivity index is 0.000000270. The van der Waals surface area contributed by atoms with E-state index < -0.39 is 36.8 Å². The molecule has 1 unspecified atom stereocenters. The number of hydrogen-bond donors (Lipinski definition) is 2. The summed E-state index contributed by atoms with van der Waals surface area (Å²) in [4.78, 5) is 45.7. The van der Waals surface area contributed by atoms with E-state index >= 15 is 0 Å². The first-order valence-electron chi connectivity index (χ1n) is 21.2. The van der Waals surface area contributed by atoms with Crippen molar-refractivity contribution in [1.82, 2.24) is 29.8 Å². The maximum absolute atomic E-state index is 12.9. The fraction of sp³-hybridized carbons (Fsp3) is 0.426. The molecule has 0 aliphatic carbocycles. The van der Waals surface area contributed by atoms with Gasteiger partial charge in [0.1, 0.15) is 6.10 Å². The number of ether oxygens (including phenoxy) is 1.